The number of H-pyrrole nitrogens is 1. The molecule has 0 radical (unpaired) electrons. The number of carbonyl (C=O) groups is 1. The number of carbonyl (C=O) groups excluding carboxylic acids is 1. The first kappa shape index (κ1) is 7.94. The molecule has 0 aliphatic carbocycles. The molecule has 11 heavy (non-hydrogen) atoms. The monoisotopic (exact) mass is 154 g/mol. The topological polar surface area (TPSA) is 55.0 Å². The van der Waals surface area contributed by atoms with Gasteiger partial charge in [0, 0.05) is 19.7 Å². The third kappa shape index (κ3) is 2.16. The minimum atomic E-state index is -0.377. The Labute approximate surface area is 64.6 Å². The molecule has 0 aromatic carbocycles. The van der Waals surface area contributed by atoms with Gasteiger partial charge in [0.05, 0.1) is 12.0 Å². The van der Waals surface area contributed by atoms with Gasteiger partial charge in [0.25, 0.3) is 0 Å². The molecule has 0 saturated carbocycles. The first-order chi connectivity index (χ1) is 5.36. The van der Waals surface area contributed by atoms with Gasteiger partial charge in [0.15, 0.2) is 0 Å². The number of ether oxygens (including phenoxy) is 1. The van der Waals surface area contributed by atoms with Crippen LogP contribution in [0.3, 0.4) is 0 Å². The van der Waals surface area contributed by atoms with Crippen molar-refractivity contribution in [1.29, 1.82) is 0 Å². The van der Waals surface area contributed by atoms with Crippen LogP contribution in [-0.2, 0) is 16.0 Å². The van der Waals surface area contributed by atoms with Crippen molar-refractivity contribution in [1.82, 2.24) is 9.97 Å². The molecule has 1 heterocycles. The Morgan fingerprint density at radius 2 is 2.73 bits per heavy atom. The largest absolute Gasteiger partial charge is 0.374 e. The van der Waals surface area contributed by atoms with Crippen LogP contribution in [-0.4, -0.2) is 29.5 Å². The number of methoxy groups -OCH3 is 1. The molecule has 4 nitrogen and oxygen atoms in total. The highest BCUT2D eigenvalue weighted by atomic mass is 16.5. The van der Waals surface area contributed by atoms with Crippen molar-refractivity contribution in [3.05, 3.63) is 18.2 Å². The minimum absolute atomic E-state index is 0.377. The Kier molecular flexibility index (Phi) is 2.80. The number of imidazole rings is 1. The molecule has 1 rings (SSSR count). The van der Waals surface area contributed by atoms with Crippen molar-refractivity contribution in [2.45, 2.75) is 12.5 Å². The van der Waals surface area contributed by atoms with Gasteiger partial charge in [-0.25, -0.2) is 4.98 Å². The maximum atomic E-state index is 10.3. The highest BCUT2D eigenvalue weighted by Gasteiger charge is 2.06. The Hall–Kier alpha value is -1.16. The third-order valence-corrected chi connectivity index (χ3v) is 1.42. The van der Waals surface area contributed by atoms with Crippen LogP contribution in [0.25, 0.3) is 0 Å². The second-order valence-electron chi connectivity index (χ2n) is 2.17. The zero-order chi connectivity index (χ0) is 8.10. The van der Waals surface area contributed by atoms with Gasteiger partial charge in [-0.1, -0.05) is 0 Å². The molecule has 0 aliphatic heterocycles. The second kappa shape index (κ2) is 3.88. The highest BCUT2D eigenvalue weighted by Crippen LogP contribution is 1.98. The fourth-order valence-corrected chi connectivity index (χ4v) is 0.796. The number of aromatic nitrogens is 2. The van der Waals surface area contributed by atoms with Crippen molar-refractivity contribution < 1.29 is 9.53 Å². The molecule has 1 N–H and O–H groups in total. The summed E-state index contributed by atoms with van der Waals surface area (Å²) < 4.78 is 4.85. The van der Waals surface area contributed by atoms with Gasteiger partial charge in [-0.2, -0.15) is 0 Å². The molecule has 60 valence electrons. The van der Waals surface area contributed by atoms with Crippen LogP contribution < -0.4 is 0 Å². The van der Waals surface area contributed by atoms with E-state index < -0.39 is 0 Å². The zero-order valence-electron chi connectivity index (χ0n) is 6.28. The SMILES string of the molecule is COC(C=O)Cc1c[nH]cn1. The van der Waals surface area contributed by atoms with Crippen LogP contribution in [0, 0.1) is 0 Å². The van der Waals surface area contributed by atoms with Crippen LogP contribution in [0.2, 0.25) is 0 Å². The maximum absolute atomic E-state index is 10.3. The summed E-state index contributed by atoms with van der Waals surface area (Å²) in [6, 6.07) is 0. The van der Waals surface area contributed by atoms with E-state index in [4.69, 9.17) is 4.74 Å². The zero-order valence-corrected chi connectivity index (χ0v) is 6.28. The predicted octanol–water partition coefficient (Wildman–Crippen LogP) is 0.166. The summed E-state index contributed by atoms with van der Waals surface area (Å²) in [4.78, 5) is 17.1. The van der Waals surface area contributed by atoms with Gasteiger partial charge in [0.1, 0.15) is 12.4 Å². The molecule has 1 unspecified atom stereocenters. The molecular formula is C7H10N2O2. The Morgan fingerprint density at radius 3 is 3.18 bits per heavy atom. The lowest BCUT2D eigenvalue weighted by Gasteiger charge is -2.03. The van der Waals surface area contributed by atoms with Crippen LogP contribution in [0.5, 0.6) is 0 Å². The molecule has 0 fully saturated rings. The van der Waals surface area contributed by atoms with Crippen molar-refractivity contribution in [3.63, 3.8) is 0 Å². The Morgan fingerprint density at radius 1 is 1.91 bits per heavy atom. The molecule has 4 heteroatoms. The van der Waals surface area contributed by atoms with E-state index >= 15 is 0 Å². The van der Waals surface area contributed by atoms with Gasteiger partial charge in [-0.3, -0.25) is 0 Å². The van der Waals surface area contributed by atoms with Crippen LogP contribution in [0.1, 0.15) is 5.69 Å². The number of hydrogen-bond donors (Lipinski definition) is 1. The van der Waals surface area contributed by atoms with Gasteiger partial charge in [-0.15, -0.1) is 0 Å². The molecule has 0 spiro atoms. The lowest BCUT2D eigenvalue weighted by molar-refractivity contribution is -0.116. The van der Waals surface area contributed by atoms with Crippen molar-refractivity contribution in [2.24, 2.45) is 0 Å². The average Bonchev–Trinajstić information content (AvgIpc) is 2.52. The quantitative estimate of drug-likeness (QED) is 0.629. The number of nitrogens with zero attached hydrogens (tertiary/aromatic N) is 1. The summed E-state index contributed by atoms with van der Waals surface area (Å²) in [5.74, 6) is 0. The first-order valence-corrected chi connectivity index (χ1v) is 3.32. The van der Waals surface area contributed by atoms with E-state index in [1.807, 2.05) is 0 Å². The molecule has 0 amide bonds. The summed E-state index contributed by atoms with van der Waals surface area (Å²) >= 11 is 0. The molecule has 1 atom stereocenters. The number of rotatable bonds is 4. The molecule has 0 bridgehead atoms. The Bertz CT molecular complexity index is 208. The lowest BCUT2D eigenvalue weighted by atomic mass is 10.2. The molecule has 0 saturated heterocycles. The molecule has 1 aromatic heterocycles. The Balaban J connectivity index is 2.47. The van der Waals surface area contributed by atoms with Gasteiger partial charge in [0.2, 0.25) is 0 Å². The number of nitrogens with one attached hydrogen (secondary N) is 1. The van der Waals surface area contributed by atoms with Crippen LogP contribution in [0.15, 0.2) is 12.5 Å². The van der Waals surface area contributed by atoms with Crippen LogP contribution in [0.4, 0.5) is 0 Å². The number of aldehydes is 1. The van der Waals surface area contributed by atoms with E-state index in [0.29, 0.717) is 6.42 Å². The highest BCUT2D eigenvalue weighted by molar-refractivity contribution is 5.56. The molecule has 0 aliphatic rings. The fourth-order valence-electron chi connectivity index (χ4n) is 0.796. The summed E-state index contributed by atoms with van der Waals surface area (Å²) in [5, 5.41) is 0. The second-order valence-corrected chi connectivity index (χ2v) is 2.17. The number of aromatic amines is 1. The van der Waals surface area contributed by atoms with Crippen molar-refractivity contribution in [3.8, 4) is 0 Å². The molecule has 1 aromatic rings. The van der Waals surface area contributed by atoms with Crippen molar-refractivity contribution in [2.75, 3.05) is 7.11 Å². The fraction of sp³-hybridized carbons (Fsp3) is 0.429. The van der Waals surface area contributed by atoms with Crippen molar-refractivity contribution >= 4 is 6.29 Å². The number of hydrogen-bond acceptors (Lipinski definition) is 3. The first-order valence-electron chi connectivity index (χ1n) is 3.32. The van der Waals surface area contributed by atoms with E-state index in [2.05, 4.69) is 9.97 Å². The van der Waals surface area contributed by atoms with E-state index in [-0.39, 0.29) is 6.10 Å². The van der Waals surface area contributed by atoms with E-state index in [1.165, 1.54) is 7.11 Å². The predicted molar refractivity (Wildman–Crippen MR) is 39.2 cm³/mol. The molecular weight excluding hydrogens is 144 g/mol. The van der Waals surface area contributed by atoms with Gasteiger partial charge < -0.3 is 14.5 Å². The summed E-state index contributed by atoms with van der Waals surface area (Å²) in [7, 11) is 1.51. The minimum Gasteiger partial charge on any atom is -0.374 e. The lowest BCUT2D eigenvalue weighted by Crippen LogP contribution is -2.15. The van der Waals surface area contributed by atoms with Crippen LogP contribution >= 0.6 is 0 Å². The van der Waals surface area contributed by atoms with E-state index in [9.17, 15) is 4.79 Å². The van der Waals surface area contributed by atoms with E-state index in [0.717, 1.165) is 12.0 Å². The third-order valence-electron chi connectivity index (χ3n) is 1.42. The summed E-state index contributed by atoms with van der Waals surface area (Å²) in [5.41, 5.74) is 0.837. The summed E-state index contributed by atoms with van der Waals surface area (Å²) in [6.07, 6.45) is 4.25. The van der Waals surface area contributed by atoms with Gasteiger partial charge in [-0.05, 0) is 0 Å². The standard InChI is InChI=1S/C7H10N2O2/c1-11-7(4-10)2-6-3-8-5-9-6/h3-5,7H,2H2,1H3,(H,8,9). The summed E-state index contributed by atoms with van der Waals surface area (Å²) in [6.45, 7) is 0. The smallest absolute Gasteiger partial charge is 0.149 e. The maximum Gasteiger partial charge on any atom is 0.149 e. The van der Waals surface area contributed by atoms with E-state index in [1.54, 1.807) is 12.5 Å². The normalized spacial score (nSPS) is 12.8. The van der Waals surface area contributed by atoms with Gasteiger partial charge >= 0.3 is 0 Å². The average molecular weight is 154 g/mol.